The summed E-state index contributed by atoms with van der Waals surface area (Å²) in [6, 6.07) is 6.99. The van der Waals surface area contributed by atoms with Gasteiger partial charge in [-0.3, -0.25) is 0 Å². The van der Waals surface area contributed by atoms with Crippen molar-refractivity contribution in [3.05, 3.63) is 58.9 Å². The van der Waals surface area contributed by atoms with Crippen LogP contribution in [0.25, 0.3) is 0 Å². The minimum atomic E-state index is -0.826. The predicted octanol–water partition coefficient (Wildman–Crippen LogP) is 4.11. The van der Waals surface area contributed by atoms with Crippen LogP contribution in [0.3, 0.4) is 0 Å². The quantitative estimate of drug-likeness (QED) is 0.864. The molecule has 1 N–H and O–H groups in total. The Morgan fingerprint density at radius 3 is 2.32 bits per heavy atom. The normalized spacial score (nSPS) is 14.6. The first-order valence-corrected chi connectivity index (χ1v) is 8.03. The van der Waals surface area contributed by atoms with E-state index in [1.165, 1.54) is 17.0 Å². The summed E-state index contributed by atoms with van der Waals surface area (Å²) >= 11 is 5.79. The van der Waals surface area contributed by atoms with Crippen molar-refractivity contribution in [2.45, 2.75) is 0 Å². The number of halogens is 4. The van der Waals surface area contributed by atoms with E-state index < -0.39 is 23.5 Å². The molecule has 0 saturated carbocycles. The number of hydrogen-bond donors (Lipinski definition) is 1. The highest BCUT2D eigenvalue weighted by Crippen LogP contribution is 2.24. The van der Waals surface area contributed by atoms with Crippen molar-refractivity contribution in [3.8, 4) is 0 Å². The zero-order chi connectivity index (χ0) is 18.0. The summed E-state index contributed by atoms with van der Waals surface area (Å²) in [4.78, 5) is 15.7. The van der Waals surface area contributed by atoms with Crippen molar-refractivity contribution in [1.29, 1.82) is 0 Å². The van der Waals surface area contributed by atoms with Crippen LogP contribution in [0.15, 0.2) is 36.4 Å². The first-order chi connectivity index (χ1) is 11.9. The summed E-state index contributed by atoms with van der Waals surface area (Å²) in [7, 11) is 0. The first kappa shape index (κ1) is 17.4. The molecular weight excluding hydrogens is 355 g/mol. The van der Waals surface area contributed by atoms with E-state index in [-0.39, 0.29) is 10.7 Å². The standard InChI is InChI=1S/C17H15ClF3N3O/c18-13-10-12(2-3-14(13)20)23-5-7-24(8-6-23)17(25)22-16-4-1-11(19)9-15(16)21/h1-4,9-10H,5-8H2,(H,22,25). The van der Waals surface area contributed by atoms with E-state index >= 15 is 0 Å². The van der Waals surface area contributed by atoms with Crippen molar-refractivity contribution in [1.82, 2.24) is 4.90 Å². The molecule has 0 unspecified atom stereocenters. The highest BCUT2D eigenvalue weighted by atomic mass is 35.5. The van der Waals surface area contributed by atoms with E-state index in [0.29, 0.717) is 32.2 Å². The second kappa shape index (κ2) is 7.23. The largest absolute Gasteiger partial charge is 0.368 e. The zero-order valence-electron chi connectivity index (χ0n) is 13.1. The maximum Gasteiger partial charge on any atom is 0.322 e. The van der Waals surface area contributed by atoms with E-state index in [1.807, 2.05) is 4.90 Å². The monoisotopic (exact) mass is 369 g/mol. The second-order valence-electron chi connectivity index (χ2n) is 5.63. The molecule has 3 rings (SSSR count). The molecule has 0 aromatic heterocycles. The van der Waals surface area contributed by atoms with Crippen molar-refractivity contribution in [3.63, 3.8) is 0 Å². The van der Waals surface area contributed by atoms with Crippen LogP contribution in [0.5, 0.6) is 0 Å². The third kappa shape index (κ3) is 3.99. The fourth-order valence-electron chi connectivity index (χ4n) is 2.63. The number of nitrogens with zero attached hydrogens (tertiary/aromatic N) is 2. The predicted molar refractivity (Wildman–Crippen MR) is 90.6 cm³/mol. The highest BCUT2D eigenvalue weighted by Gasteiger charge is 2.22. The summed E-state index contributed by atoms with van der Waals surface area (Å²) in [5.74, 6) is -2.01. The molecule has 132 valence electrons. The molecule has 0 bridgehead atoms. The Balaban J connectivity index is 1.59. The number of rotatable bonds is 2. The zero-order valence-corrected chi connectivity index (χ0v) is 13.9. The van der Waals surface area contributed by atoms with Gasteiger partial charge in [-0.2, -0.15) is 0 Å². The summed E-state index contributed by atoms with van der Waals surface area (Å²) in [6.45, 7) is 1.87. The van der Waals surface area contributed by atoms with Gasteiger partial charge in [0.05, 0.1) is 10.7 Å². The topological polar surface area (TPSA) is 35.6 Å². The number of anilines is 2. The van der Waals surface area contributed by atoms with Gasteiger partial charge in [0.25, 0.3) is 0 Å². The number of amides is 2. The van der Waals surface area contributed by atoms with Crippen LogP contribution in [0.2, 0.25) is 5.02 Å². The lowest BCUT2D eigenvalue weighted by Gasteiger charge is -2.36. The molecule has 8 heteroatoms. The molecule has 0 radical (unpaired) electrons. The van der Waals surface area contributed by atoms with E-state index in [9.17, 15) is 18.0 Å². The Labute approximate surface area is 147 Å². The first-order valence-electron chi connectivity index (χ1n) is 7.65. The van der Waals surface area contributed by atoms with Gasteiger partial charge in [0.15, 0.2) is 0 Å². The van der Waals surface area contributed by atoms with E-state index in [1.54, 1.807) is 12.1 Å². The van der Waals surface area contributed by atoms with E-state index in [0.717, 1.165) is 11.8 Å². The third-order valence-electron chi connectivity index (χ3n) is 4.01. The lowest BCUT2D eigenvalue weighted by molar-refractivity contribution is 0.208. The van der Waals surface area contributed by atoms with E-state index in [2.05, 4.69) is 5.32 Å². The number of urea groups is 1. The van der Waals surface area contributed by atoms with Gasteiger partial charge in [0.1, 0.15) is 17.5 Å². The number of carbonyl (C=O) groups is 1. The molecule has 2 aromatic carbocycles. The summed E-state index contributed by atoms with van der Waals surface area (Å²) in [6.07, 6.45) is 0. The van der Waals surface area contributed by atoms with Gasteiger partial charge in [-0.05, 0) is 30.3 Å². The minimum Gasteiger partial charge on any atom is -0.368 e. The van der Waals surface area contributed by atoms with Gasteiger partial charge < -0.3 is 15.1 Å². The van der Waals surface area contributed by atoms with Crippen LogP contribution < -0.4 is 10.2 Å². The maximum atomic E-state index is 13.6. The number of hydrogen-bond acceptors (Lipinski definition) is 2. The van der Waals surface area contributed by atoms with E-state index in [4.69, 9.17) is 11.6 Å². The third-order valence-corrected chi connectivity index (χ3v) is 4.30. The molecule has 1 fully saturated rings. The van der Waals surface area contributed by atoms with Crippen LogP contribution >= 0.6 is 11.6 Å². The number of nitrogens with one attached hydrogen (secondary N) is 1. The maximum absolute atomic E-state index is 13.6. The van der Waals surface area contributed by atoms with Gasteiger partial charge >= 0.3 is 6.03 Å². The minimum absolute atomic E-state index is 0.0458. The van der Waals surface area contributed by atoms with Crippen LogP contribution in [0.4, 0.5) is 29.3 Å². The number of carbonyl (C=O) groups excluding carboxylic acids is 1. The summed E-state index contributed by atoms with van der Waals surface area (Å²) in [5.41, 5.74) is 0.704. The molecule has 4 nitrogen and oxygen atoms in total. The van der Waals surface area contributed by atoms with Gasteiger partial charge in [-0.25, -0.2) is 18.0 Å². The Kier molecular flexibility index (Phi) is 5.03. The molecule has 0 spiro atoms. The van der Waals surface area contributed by atoms with Crippen LogP contribution in [-0.2, 0) is 0 Å². The Morgan fingerprint density at radius 1 is 0.960 bits per heavy atom. The van der Waals surface area contributed by atoms with Crippen LogP contribution in [0, 0.1) is 17.5 Å². The molecule has 2 amide bonds. The Bertz CT molecular complexity index is 795. The smallest absolute Gasteiger partial charge is 0.322 e. The van der Waals surface area contributed by atoms with Crippen molar-refractivity contribution < 1.29 is 18.0 Å². The molecule has 1 heterocycles. The van der Waals surface area contributed by atoms with Crippen molar-refractivity contribution in [2.75, 3.05) is 36.4 Å². The molecule has 1 aliphatic heterocycles. The fourth-order valence-corrected chi connectivity index (χ4v) is 2.81. The fraction of sp³-hybridized carbons (Fsp3) is 0.235. The Morgan fingerprint density at radius 2 is 1.68 bits per heavy atom. The van der Waals surface area contributed by atoms with Crippen molar-refractivity contribution >= 4 is 29.0 Å². The molecule has 0 aliphatic carbocycles. The molecule has 2 aromatic rings. The number of benzene rings is 2. The van der Waals surface area contributed by atoms with Gasteiger partial charge in [-0.15, -0.1) is 0 Å². The second-order valence-corrected chi connectivity index (χ2v) is 6.03. The molecule has 0 atom stereocenters. The average molecular weight is 370 g/mol. The summed E-state index contributed by atoms with van der Waals surface area (Å²) < 4.78 is 39.7. The van der Waals surface area contributed by atoms with Crippen LogP contribution in [0.1, 0.15) is 0 Å². The summed E-state index contributed by atoms with van der Waals surface area (Å²) in [5, 5.41) is 2.48. The lowest BCUT2D eigenvalue weighted by Crippen LogP contribution is -2.50. The molecule has 1 aliphatic rings. The van der Waals surface area contributed by atoms with Crippen molar-refractivity contribution in [2.24, 2.45) is 0 Å². The lowest BCUT2D eigenvalue weighted by atomic mass is 10.2. The molecule has 25 heavy (non-hydrogen) atoms. The van der Waals surface area contributed by atoms with Gasteiger partial charge in [0.2, 0.25) is 0 Å². The SMILES string of the molecule is O=C(Nc1ccc(F)cc1F)N1CCN(c2ccc(F)c(Cl)c2)CC1. The average Bonchev–Trinajstić information content (AvgIpc) is 2.60. The Hall–Kier alpha value is -2.41. The highest BCUT2D eigenvalue weighted by molar-refractivity contribution is 6.31. The van der Waals surface area contributed by atoms with Gasteiger partial charge in [-0.1, -0.05) is 11.6 Å². The van der Waals surface area contributed by atoms with Crippen LogP contribution in [-0.4, -0.2) is 37.1 Å². The molecular formula is C17H15ClF3N3O. The molecule has 1 saturated heterocycles. The number of piperazine rings is 1. The van der Waals surface area contributed by atoms with Gasteiger partial charge in [0, 0.05) is 37.9 Å².